The minimum Gasteiger partial charge on any atom is -0.480 e. The summed E-state index contributed by atoms with van der Waals surface area (Å²) in [5.74, 6) is -1.48. The van der Waals surface area contributed by atoms with Crippen LogP contribution in [0.25, 0.3) is 0 Å². The van der Waals surface area contributed by atoms with Crippen LogP contribution in [0.2, 0.25) is 0 Å². The topological polar surface area (TPSA) is 121 Å². The largest absolute Gasteiger partial charge is 0.480 e. The Kier molecular flexibility index (Phi) is 2.84. The van der Waals surface area contributed by atoms with Crippen LogP contribution in [0.4, 0.5) is 0 Å². The Morgan fingerprint density at radius 1 is 1.65 bits per heavy atom. The number of nitrogens with zero attached hydrogens (tertiary/aromatic N) is 1. The van der Waals surface area contributed by atoms with E-state index in [1.54, 1.807) is 0 Å². The van der Waals surface area contributed by atoms with Crippen molar-refractivity contribution in [3.63, 3.8) is 0 Å². The quantitative estimate of drug-likeness (QED) is 0.525. The van der Waals surface area contributed by atoms with E-state index in [4.69, 9.17) is 10.8 Å². The summed E-state index contributed by atoms with van der Waals surface area (Å²) in [6.07, 6.45) is 4.36. The van der Waals surface area contributed by atoms with E-state index < -0.39 is 23.5 Å². The van der Waals surface area contributed by atoms with Crippen molar-refractivity contribution in [2.75, 3.05) is 0 Å². The molecule has 1 aromatic rings. The first kappa shape index (κ1) is 11.6. The maximum atomic E-state index is 11.6. The predicted octanol–water partition coefficient (Wildman–Crippen LogP) is -0.987. The van der Waals surface area contributed by atoms with E-state index in [0.29, 0.717) is 18.5 Å². The Hall–Kier alpha value is -1.89. The van der Waals surface area contributed by atoms with Crippen molar-refractivity contribution in [3.05, 3.63) is 18.2 Å². The summed E-state index contributed by atoms with van der Waals surface area (Å²) in [4.78, 5) is 29.2. The van der Waals surface area contributed by atoms with Crippen LogP contribution in [0.5, 0.6) is 0 Å². The van der Waals surface area contributed by atoms with Gasteiger partial charge in [-0.1, -0.05) is 0 Å². The Labute approximate surface area is 97.4 Å². The summed E-state index contributed by atoms with van der Waals surface area (Å²) in [6.45, 7) is 0. The van der Waals surface area contributed by atoms with Gasteiger partial charge in [0.1, 0.15) is 6.04 Å². The second-order valence-electron chi connectivity index (χ2n) is 4.30. The van der Waals surface area contributed by atoms with Crippen molar-refractivity contribution in [1.29, 1.82) is 0 Å². The molecule has 0 radical (unpaired) electrons. The number of carbonyl (C=O) groups is 2. The van der Waals surface area contributed by atoms with E-state index in [2.05, 4.69) is 15.3 Å². The van der Waals surface area contributed by atoms with Gasteiger partial charge in [-0.3, -0.25) is 4.79 Å². The number of carboxylic acid groups (broad SMARTS) is 1. The second kappa shape index (κ2) is 4.17. The highest BCUT2D eigenvalue weighted by Crippen LogP contribution is 2.32. The number of carbonyl (C=O) groups excluding carboxylic acids is 1. The van der Waals surface area contributed by atoms with Crippen molar-refractivity contribution in [3.8, 4) is 0 Å². The molecular formula is C10H14N4O3. The third-order valence-electron chi connectivity index (χ3n) is 2.82. The normalized spacial score (nSPS) is 18.4. The number of rotatable bonds is 5. The monoisotopic (exact) mass is 238 g/mol. The molecule has 1 amide bonds. The van der Waals surface area contributed by atoms with Crippen LogP contribution in [-0.2, 0) is 16.0 Å². The van der Waals surface area contributed by atoms with Gasteiger partial charge in [0.25, 0.3) is 0 Å². The molecule has 7 heteroatoms. The average Bonchev–Trinajstić information content (AvgIpc) is 2.83. The maximum Gasteiger partial charge on any atom is 0.326 e. The number of aromatic amines is 1. The molecule has 0 spiro atoms. The first-order valence-corrected chi connectivity index (χ1v) is 5.31. The lowest BCUT2D eigenvalue weighted by molar-refractivity contribution is -0.142. The van der Waals surface area contributed by atoms with Gasteiger partial charge in [0, 0.05) is 18.3 Å². The fourth-order valence-electron chi connectivity index (χ4n) is 1.48. The molecule has 5 N–H and O–H groups in total. The van der Waals surface area contributed by atoms with Gasteiger partial charge in [-0.25, -0.2) is 9.78 Å². The molecule has 2 rings (SSSR count). The molecule has 1 aliphatic rings. The highest BCUT2D eigenvalue weighted by Gasteiger charge is 2.46. The minimum absolute atomic E-state index is 0.164. The fraction of sp³-hybridized carbons (Fsp3) is 0.500. The lowest BCUT2D eigenvalue weighted by atomic mass is 10.1. The number of hydrogen-bond acceptors (Lipinski definition) is 4. The zero-order valence-corrected chi connectivity index (χ0v) is 9.14. The highest BCUT2D eigenvalue weighted by molar-refractivity contribution is 5.92. The Morgan fingerprint density at radius 3 is 2.82 bits per heavy atom. The molecule has 0 unspecified atom stereocenters. The Balaban J connectivity index is 1.98. The van der Waals surface area contributed by atoms with Gasteiger partial charge < -0.3 is 21.1 Å². The summed E-state index contributed by atoms with van der Waals surface area (Å²) < 4.78 is 0. The minimum atomic E-state index is -1.09. The lowest BCUT2D eigenvalue weighted by Gasteiger charge is -2.16. The van der Waals surface area contributed by atoms with Gasteiger partial charge >= 0.3 is 5.97 Å². The number of amides is 1. The van der Waals surface area contributed by atoms with Crippen LogP contribution in [0.15, 0.2) is 12.5 Å². The van der Waals surface area contributed by atoms with Crippen molar-refractivity contribution >= 4 is 11.9 Å². The number of nitrogens with one attached hydrogen (secondary N) is 2. The molecular weight excluding hydrogens is 224 g/mol. The first-order valence-electron chi connectivity index (χ1n) is 5.31. The zero-order valence-electron chi connectivity index (χ0n) is 9.14. The molecule has 1 saturated carbocycles. The van der Waals surface area contributed by atoms with Crippen molar-refractivity contribution in [2.24, 2.45) is 5.73 Å². The molecule has 1 heterocycles. The van der Waals surface area contributed by atoms with E-state index in [1.807, 2.05) is 0 Å². The molecule has 1 aliphatic carbocycles. The molecule has 1 aromatic heterocycles. The van der Waals surface area contributed by atoms with Crippen LogP contribution in [-0.4, -0.2) is 38.5 Å². The van der Waals surface area contributed by atoms with Gasteiger partial charge in [0.2, 0.25) is 5.91 Å². The Bertz CT molecular complexity index is 425. The molecule has 0 saturated heterocycles. The van der Waals surface area contributed by atoms with E-state index >= 15 is 0 Å². The molecule has 0 bridgehead atoms. The van der Waals surface area contributed by atoms with Crippen LogP contribution >= 0.6 is 0 Å². The number of aromatic nitrogens is 2. The van der Waals surface area contributed by atoms with Crippen LogP contribution in [0.1, 0.15) is 18.5 Å². The van der Waals surface area contributed by atoms with Gasteiger partial charge in [0.05, 0.1) is 11.9 Å². The van der Waals surface area contributed by atoms with Gasteiger partial charge in [-0.15, -0.1) is 0 Å². The van der Waals surface area contributed by atoms with Crippen molar-refractivity contribution < 1.29 is 14.7 Å². The first-order chi connectivity index (χ1) is 8.01. The van der Waals surface area contributed by atoms with Gasteiger partial charge in [0.15, 0.2) is 0 Å². The van der Waals surface area contributed by atoms with Crippen LogP contribution in [0.3, 0.4) is 0 Å². The number of H-pyrrole nitrogens is 1. The standard InChI is InChI=1S/C10H14N4O3/c11-10(1-2-10)9(17)14-7(8(15)16)3-6-4-12-5-13-6/h4-5,7H,1-3,11H2,(H,12,13)(H,14,17)(H,15,16)/t7-/m1/s1. The summed E-state index contributed by atoms with van der Waals surface area (Å²) in [7, 11) is 0. The summed E-state index contributed by atoms with van der Waals surface area (Å²) in [5.41, 5.74) is 5.48. The molecule has 0 aliphatic heterocycles. The summed E-state index contributed by atoms with van der Waals surface area (Å²) in [5, 5.41) is 11.5. The molecule has 7 nitrogen and oxygen atoms in total. The van der Waals surface area contributed by atoms with Crippen molar-refractivity contribution in [1.82, 2.24) is 15.3 Å². The number of nitrogens with two attached hydrogens (primary N) is 1. The Morgan fingerprint density at radius 2 is 2.35 bits per heavy atom. The summed E-state index contributed by atoms with van der Waals surface area (Å²) >= 11 is 0. The highest BCUT2D eigenvalue weighted by atomic mass is 16.4. The van der Waals surface area contributed by atoms with E-state index in [0.717, 1.165) is 0 Å². The second-order valence-corrected chi connectivity index (χ2v) is 4.30. The van der Waals surface area contributed by atoms with E-state index in [9.17, 15) is 9.59 Å². The van der Waals surface area contributed by atoms with E-state index in [1.165, 1.54) is 12.5 Å². The molecule has 0 aromatic carbocycles. The fourth-order valence-corrected chi connectivity index (χ4v) is 1.48. The van der Waals surface area contributed by atoms with Crippen molar-refractivity contribution in [2.45, 2.75) is 30.8 Å². The lowest BCUT2D eigenvalue weighted by Crippen LogP contribution is -2.50. The third-order valence-corrected chi connectivity index (χ3v) is 2.82. The summed E-state index contributed by atoms with van der Waals surface area (Å²) in [6, 6.07) is -0.982. The molecule has 92 valence electrons. The average molecular weight is 238 g/mol. The predicted molar refractivity (Wildman–Crippen MR) is 58.0 cm³/mol. The van der Waals surface area contributed by atoms with Gasteiger partial charge in [-0.05, 0) is 12.8 Å². The number of carboxylic acids is 1. The van der Waals surface area contributed by atoms with E-state index in [-0.39, 0.29) is 6.42 Å². The number of hydrogen-bond donors (Lipinski definition) is 4. The third kappa shape index (κ3) is 2.62. The molecule has 1 fully saturated rings. The molecule has 17 heavy (non-hydrogen) atoms. The number of aliphatic carboxylic acids is 1. The van der Waals surface area contributed by atoms with Gasteiger partial charge in [-0.2, -0.15) is 0 Å². The van der Waals surface area contributed by atoms with Crippen LogP contribution < -0.4 is 11.1 Å². The smallest absolute Gasteiger partial charge is 0.326 e. The zero-order chi connectivity index (χ0) is 12.5. The number of imidazole rings is 1. The maximum absolute atomic E-state index is 11.6. The SMILES string of the molecule is NC1(C(=O)N[C@H](Cc2cnc[nH]2)C(=O)O)CC1. The van der Waals surface area contributed by atoms with Crippen LogP contribution in [0, 0.1) is 0 Å². The molecule has 1 atom stereocenters.